The summed E-state index contributed by atoms with van der Waals surface area (Å²) in [5.74, 6) is -0.417. The molecule has 0 aromatic heterocycles. The number of Topliss-reactive ketones (excluding diaryl/α,β-unsaturated/α-hetero) is 1. The first-order valence-electron chi connectivity index (χ1n) is 5.64. The van der Waals surface area contributed by atoms with Gasteiger partial charge in [-0.05, 0) is 37.7 Å². The van der Waals surface area contributed by atoms with Crippen molar-refractivity contribution in [1.82, 2.24) is 0 Å². The highest BCUT2D eigenvalue weighted by molar-refractivity contribution is 5.97. The highest BCUT2D eigenvalue weighted by Crippen LogP contribution is 2.21. The van der Waals surface area contributed by atoms with Gasteiger partial charge >= 0.3 is 5.97 Å². The maximum atomic E-state index is 11.2. The van der Waals surface area contributed by atoms with Gasteiger partial charge in [0.05, 0.1) is 0 Å². The van der Waals surface area contributed by atoms with E-state index in [-0.39, 0.29) is 6.42 Å². The molecule has 0 saturated heterocycles. The van der Waals surface area contributed by atoms with Crippen LogP contribution in [0.3, 0.4) is 0 Å². The van der Waals surface area contributed by atoms with Gasteiger partial charge in [-0.15, -0.1) is 0 Å². The normalized spacial score (nSPS) is 18.7. The van der Waals surface area contributed by atoms with Gasteiger partial charge in [0.15, 0.2) is 5.78 Å². The number of hydrogen-bond acceptors (Lipinski definition) is 2. The van der Waals surface area contributed by atoms with Crippen LogP contribution >= 0.6 is 0 Å². The number of hydrogen-bond donors (Lipinski definition) is 1. The summed E-state index contributed by atoms with van der Waals surface area (Å²) in [5, 5.41) is 8.42. The van der Waals surface area contributed by atoms with Crippen LogP contribution < -0.4 is 0 Å². The zero-order chi connectivity index (χ0) is 11.1. The molecule has 0 heterocycles. The lowest BCUT2D eigenvalue weighted by atomic mass is 10.1. The summed E-state index contributed by atoms with van der Waals surface area (Å²) in [5.41, 5.74) is 0.994. The molecule has 1 aliphatic rings. The van der Waals surface area contributed by atoms with Crippen molar-refractivity contribution < 1.29 is 14.7 Å². The van der Waals surface area contributed by atoms with Gasteiger partial charge in [0.1, 0.15) is 0 Å². The largest absolute Gasteiger partial charge is 0.481 e. The SMILES string of the molecule is O=C(O)CCCCC/C=C1\CCCC1=O. The van der Waals surface area contributed by atoms with E-state index < -0.39 is 5.97 Å². The van der Waals surface area contributed by atoms with Gasteiger partial charge < -0.3 is 5.11 Å². The molecule has 0 amide bonds. The molecule has 0 aromatic carbocycles. The van der Waals surface area contributed by atoms with Gasteiger partial charge in [-0.2, -0.15) is 0 Å². The number of carbonyl (C=O) groups is 2. The van der Waals surface area contributed by atoms with Crippen LogP contribution in [0.25, 0.3) is 0 Å². The lowest BCUT2D eigenvalue weighted by Gasteiger charge is -1.97. The molecule has 0 aliphatic heterocycles. The predicted molar refractivity (Wildman–Crippen MR) is 57.7 cm³/mol. The molecule has 0 atom stereocenters. The molecule has 84 valence electrons. The molecule has 1 aliphatic carbocycles. The number of unbranched alkanes of at least 4 members (excludes halogenated alkanes) is 3. The van der Waals surface area contributed by atoms with E-state index in [0.29, 0.717) is 12.2 Å². The average Bonchev–Trinajstić information content (AvgIpc) is 2.57. The number of carbonyl (C=O) groups excluding carboxylic acids is 1. The first-order valence-corrected chi connectivity index (χ1v) is 5.64. The fourth-order valence-electron chi connectivity index (χ4n) is 1.83. The van der Waals surface area contributed by atoms with Crippen molar-refractivity contribution in [3.8, 4) is 0 Å². The van der Waals surface area contributed by atoms with Crippen molar-refractivity contribution in [2.75, 3.05) is 0 Å². The van der Waals surface area contributed by atoms with E-state index in [9.17, 15) is 9.59 Å². The summed E-state index contributed by atoms with van der Waals surface area (Å²) in [6, 6.07) is 0. The van der Waals surface area contributed by atoms with E-state index in [1.165, 1.54) is 0 Å². The smallest absolute Gasteiger partial charge is 0.303 e. The molecule has 1 fully saturated rings. The monoisotopic (exact) mass is 210 g/mol. The molecule has 1 rings (SSSR count). The lowest BCUT2D eigenvalue weighted by Crippen LogP contribution is -1.93. The van der Waals surface area contributed by atoms with E-state index in [4.69, 9.17) is 5.11 Å². The molecule has 0 aromatic rings. The van der Waals surface area contributed by atoms with Crippen LogP contribution in [0.4, 0.5) is 0 Å². The van der Waals surface area contributed by atoms with Gasteiger partial charge in [0, 0.05) is 12.8 Å². The van der Waals surface area contributed by atoms with Gasteiger partial charge in [0.2, 0.25) is 0 Å². The number of carboxylic acids is 1. The minimum atomic E-state index is -0.723. The van der Waals surface area contributed by atoms with Gasteiger partial charge in [0.25, 0.3) is 0 Å². The fraction of sp³-hybridized carbons (Fsp3) is 0.667. The minimum absolute atomic E-state index is 0.259. The van der Waals surface area contributed by atoms with E-state index in [0.717, 1.165) is 44.1 Å². The molecule has 15 heavy (non-hydrogen) atoms. The second kappa shape index (κ2) is 6.38. The Morgan fingerprint density at radius 1 is 1.27 bits per heavy atom. The topological polar surface area (TPSA) is 54.4 Å². The van der Waals surface area contributed by atoms with Crippen LogP contribution in [-0.4, -0.2) is 16.9 Å². The molecule has 1 N–H and O–H groups in total. The first-order chi connectivity index (χ1) is 7.20. The number of allylic oxidation sites excluding steroid dienone is 2. The number of aliphatic carboxylic acids is 1. The summed E-state index contributed by atoms with van der Waals surface area (Å²) in [4.78, 5) is 21.5. The quantitative estimate of drug-likeness (QED) is 0.541. The molecule has 1 saturated carbocycles. The Labute approximate surface area is 90.2 Å². The lowest BCUT2D eigenvalue weighted by molar-refractivity contribution is -0.137. The van der Waals surface area contributed by atoms with Crippen molar-refractivity contribution >= 4 is 11.8 Å². The first kappa shape index (κ1) is 12.0. The third-order valence-electron chi connectivity index (χ3n) is 2.69. The van der Waals surface area contributed by atoms with Crippen LogP contribution in [0, 0.1) is 0 Å². The zero-order valence-electron chi connectivity index (χ0n) is 9.00. The van der Waals surface area contributed by atoms with Crippen molar-refractivity contribution in [2.45, 2.75) is 51.4 Å². The molecule has 0 radical (unpaired) electrons. The maximum absolute atomic E-state index is 11.2. The van der Waals surface area contributed by atoms with Crippen molar-refractivity contribution in [2.24, 2.45) is 0 Å². The van der Waals surface area contributed by atoms with Crippen LogP contribution in [0.5, 0.6) is 0 Å². The number of ketones is 1. The molecular weight excluding hydrogens is 192 g/mol. The highest BCUT2D eigenvalue weighted by Gasteiger charge is 2.15. The van der Waals surface area contributed by atoms with Crippen molar-refractivity contribution in [1.29, 1.82) is 0 Å². The minimum Gasteiger partial charge on any atom is -0.481 e. The Kier molecular flexibility index (Phi) is 5.08. The molecule has 0 bridgehead atoms. The Balaban J connectivity index is 2.05. The van der Waals surface area contributed by atoms with E-state index in [2.05, 4.69) is 0 Å². The van der Waals surface area contributed by atoms with Crippen LogP contribution in [0.15, 0.2) is 11.6 Å². The van der Waals surface area contributed by atoms with Crippen LogP contribution in [0.1, 0.15) is 51.4 Å². The maximum Gasteiger partial charge on any atom is 0.303 e. The standard InChI is InChI=1S/C12H18O3/c13-11-8-5-7-10(11)6-3-1-2-4-9-12(14)15/h6H,1-5,7-9H2,(H,14,15)/b10-6+. The summed E-state index contributed by atoms with van der Waals surface area (Å²) < 4.78 is 0. The van der Waals surface area contributed by atoms with Crippen molar-refractivity contribution in [3.05, 3.63) is 11.6 Å². The van der Waals surface area contributed by atoms with Gasteiger partial charge in [-0.3, -0.25) is 9.59 Å². The van der Waals surface area contributed by atoms with Gasteiger partial charge in [-0.1, -0.05) is 12.5 Å². The molecular formula is C12H18O3. The number of rotatable bonds is 6. The molecule has 0 spiro atoms. The Hall–Kier alpha value is -1.12. The second-order valence-corrected chi connectivity index (χ2v) is 4.00. The van der Waals surface area contributed by atoms with Crippen molar-refractivity contribution in [3.63, 3.8) is 0 Å². The average molecular weight is 210 g/mol. The van der Waals surface area contributed by atoms with Crippen LogP contribution in [0.2, 0.25) is 0 Å². The Morgan fingerprint density at radius 3 is 2.67 bits per heavy atom. The predicted octanol–water partition coefficient (Wildman–Crippen LogP) is 2.70. The second-order valence-electron chi connectivity index (χ2n) is 4.00. The fourth-order valence-corrected chi connectivity index (χ4v) is 1.83. The van der Waals surface area contributed by atoms with Gasteiger partial charge in [-0.25, -0.2) is 0 Å². The molecule has 3 nitrogen and oxygen atoms in total. The highest BCUT2D eigenvalue weighted by atomic mass is 16.4. The van der Waals surface area contributed by atoms with E-state index >= 15 is 0 Å². The number of carboxylic acid groups (broad SMARTS) is 1. The zero-order valence-corrected chi connectivity index (χ0v) is 9.00. The summed E-state index contributed by atoms with van der Waals surface area (Å²) >= 11 is 0. The van der Waals surface area contributed by atoms with Crippen LogP contribution in [-0.2, 0) is 9.59 Å². The third kappa shape index (κ3) is 4.77. The summed E-state index contributed by atoms with van der Waals surface area (Å²) in [6.45, 7) is 0. The van der Waals surface area contributed by atoms with E-state index in [1.54, 1.807) is 0 Å². The third-order valence-corrected chi connectivity index (χ3v) is 2.69. The molecule has 3 heteroatoms. The molecule has 0 unspecified atom stereocenters. The summed E-state index contributed by atoms with van der Waals surface area (Å²) in [7, 11) is 0. The van der Waals surface area contributed by atoms with E-state index in [1.807, 2.05) is 6.08 Å². The summed E-state index contributed by atoms with van der Waals surface area (Å²) in [6.07, 6.45) is 8.54. The Bertz CT molecular complexity index is 266. The Morgan fingerprint density at radius 2 is 2.07 bits per heavy atom.